The molecular formula is C42H51N3O6. The fourth-order valence-corrected chi connectivity index (χ4v) is 6.80. The molecule has 0 saturated heterocycles. The van der Waals surface area contributed by atoms with Gasteiger partial charge in [0.2, 0.25) is 0 Å². The van der Waals surface area contributed by atoms with E-state index in [1.807, 2.05) is 60.7 Å². The topological polar surface area (TPSA) is 119 Å². The number of H-pyrrole nitrogens is 1. The van der Waals surface area contributed by atoms with Gasteiger partial charge in [-0.15, -0.1) is 0 Å². The van der Waals surface area contributed by atoms with Crippen molar-refractivity contribution in [2.24, 2.45) is 0 Å². The summed E-state index contributed by atoms with van der Waals surface area (Å²) in [5, 5.41) is 21.2. The fourth-order valence-electron chi connectivity index (χ4n) is 6.80. The molecule has 9 heteroatoms. The largest absolute Gasteiger partial charge is 0.459 e. The highest BCUT2D eigenvalue weighted by atomic mass is 16.6. The van der Waals surface area contributed by atoms with E-state index in [2.05, 4.69) is 66.3 Å². The van der Waals surface area contributed by atoms with E-state index in [4.69, 9.17) is 9.47 Å². The number of rotatable bonds is 18. The Morgan fingerprint density at radius 3 is 1.41 bits per heavy atom. The first-order valence-electron chi connectivity index (χ1n) is 18.0. The van der Waals surface area contributed by atoms with Crippen molar-refractivity contribution in [3.05, 3.63) is 141 Å². The molecular weight excluding hydrogens is 642 g/mol. The van der Waals surface area contributed by atoms with E-state index >= 15 is 0 Å². The molecule has 270 valence electrons. The van der Waals surface area contributed by atoms with Crippen molar-refractivity contribution in [1.82, 2.24) is 14.1 Å². The van der Waals surface area contributed by atoms with E-state index < -0.39 is 24.1 Å². The van der Waals surface area contributed by atoms with Crippen LogP contribution in [0.15, 0.2) is 85.2 Å². The van der Waals surface area contributed by atoms with Gasteiger partial charge in [0.25, 0.3) is 0 Å². The van der Waals surface area contributed by atoms with Gasteiger partial charge in [0, 0.05) is 35.2 Å². The Morgan fingerprint density at radius 1 is 0.647 bits per heavy atom. The fraction of sp³-hybridized carbons (Fsp3) is 0.381. The predicted octanol–water partition coefficient (Wildman–Crippen LogP) is 6.53. The molecule has 2 atom stereocenters. The summed E-state index contributed by atoms with van der Waals surface area (Å²) in [6.07, 6.45) is 5.10. The van der Waals surface area contributed by atoms with Crippen LogP contribution in [0.1, 0.15) is 82.8 Å². The maximum absolute atomic E-state index is 12.5. The van der Waals surface area contributed by atoms with Gasteiger partial charge in [0.15, 0.2) is 12.2 Å². The molecule has 0 aliphatic heterocycles. The van der Waals surface area contributed by atoms with Gasteiger partial charge in [-0.3, -0.25) is 0 Å². The van der Waals surface area contributed by atoms with Crippen LogP contribution in [0, 0.1) is 13.8 Å². The number of ether oxygens (including phenoxy) is 2. The van der Waals surface area contributed by atoms with Crippen molar-refractivity contribution in [3.8, 4) is 0 Å². The Bertz CT molecular complexity index is 1740. The number of nitrogens with one attached hydrogen (secondary N) is 1. The monoisotopic (exact) mass is 693 g/mol. The SMILES string of the molecule is CCc1c(Cn2ccc(C)c2CCC(O)C(=O)OCc2ccccc2)[nH]c(Cn2ccc(C)c2CCC(O)C(=O)OCc2ccccc2)c1CC. The van der Waals surface area contributed by atoms with Crippen LogP contribution in [0.3, 0.4) is 0 Å². The third-order valence-corrected chi connectivity index (χ3v) is 9.67. The van der Waals surface area contributed by atoms with Crippen LogP contribution in [0.5, 0.6) is 0 Å². The molecule has 0 radical (unpaired) electrons. The highest BCUT2D eigenvalue weighted by molar-refractivity contribution is 5.74. The number of hydrogen-bond donors (Lipinski definition) is 3. The molecule has 3 aromatic heterocycles. The highest BCUT2D eigenvalue weighted by Gasteiger charge is 2.22. The van der Waals surface area contributed by atoms with Gasteiger partial charge in [-0.2, -0.15) is 0 Å². The maximum Gasteiger partial charge on any atom is 0.335 e. The van der Waals surface area contributed by atoms with Gasteiger partial charge in [0.05, 0.1) is 13.1 Å². The first kappa shape index (κ1) is 37.4. The van der Waals surface area contributed by atoms with Crippen molar-refractivity contribution in [2.45, 2.75) is 105 Å². The second-order valence-corrected chi connectivity index (χ2v) is 13.2. The number of benzene rings is 2. The zero-order chi connectivity index (χ0) is 36.3. The molecule has 2 unspecified atom stereocenters. The zero-order valence-electron chi connectivity index (χ0n) is 30.2. The van der Waals surface area contributed by atoms with Crippen molar-refractivity contribution >= 4 is 11.9 Å². The van der Waals surface area contributed by atoms with E-state index in [9.17, 15) is 19.8 Å². The van der Waals surface area contributed by atoms with Gasteiger partial charge in [0.1, 0.15) is 13.2 Å². The zero-order valence-corrected chi connectivity index (χ0v) is 30.2. The minimum absolute atomic E-state index is 0.136. The number of aliphatic hydroxyl groups is 2. The molecule has 0 aliphatic carbocycles. The number of aromatic nitrogens is 3. The van der Waals surface area contributed by atoms with E-state index in [1.54, 1.807) is 0 Å². The number of hydrogen-bond acceptors (Lipinski definition) is 6. The summed E-state index contributed by atoms with van der Waals surface area (Å²) in [4.78, 5) is 28.8. The summed E-state index contributed by atoms with van der Waals surface area (Å²) < 4.78 is 15.1. The second-order valence-electron chi connectivity index (χ2n) is 13.2. The molecule has 0 saturated carbocycles. The Balaban J connectivity index is 1.23. The summed E-state index contributed by atoms with van der Waals surface area (Å²) >= 11 is 0. The highest BCUT2D eigenvalue weighted by Crippen LogP contribution is 2.26. The molecule has 3 heterocycles. The number of nitrogens with zero attached hydrogens (tertiary/aromatic N) is 2. The van der Waals surface area contributed by atoms with Crippen LogP contribution in [-0.4, -0.2) is 48.5 Å². The van der Waals surface area contributed by atoms with Crippen LogP contribution in [0.25, 0.3) is 0 Å². The molecule has 0 bridgehead atoms. The third kappa shape index (κ3) is 9.68. The lowest BCUT2D eigenvalue weighted by Gasteiger charge is -2.14. The van der Waals surface area contributed by atoms with Crippen LogP contribution < -0.4 is 0 Å². The minimum Gasteiger partial charge on any atom is -0.459 e. The Labute approximate surface area is 300 Å². The molecule has 0 spiro atoms. The third-order valence-electron chi connectivity index (χ3n) is 9.67. The van der Waals surface area contributed by atoms with Crippen LogP contribution >= 0.6 is 0 Å². The molecule has 0 fully saturated rings. The normalized spacial score (nSPS) is 12.5. The van der Waals surface area contributed by atoms with Crippen molar-refractivity contribution in [3.63, 3.8) is 0 Å². The van der Waals surface area contributed by atoms with E-state index in [-0.39, 0.29) is 26.1 Å². The Hall–Kier alpha value is -4.86. The summed E-state index contributed by atoms with van der Waals surface area (Å²) in [6.45, 7) is 10.0. The first-order chi connectivity index (χ1) is 24.7. The Morgan fingerprint density at radius 2 is 1.04 bits per heavy atom. The minimum atomic E-state index is -1.20. The van der Waals surface area contributed by atoms with Crippen molar-refractivity contribution < 1.29 is 29.3 Å². The van der Waals surface area contributed by atoms with E-state index in [0.717, 1.165) is 57.9 Å². The average Bonchev–Trinajstić information content (AvgIpc) is 3.80. The number of esters is 2. The Kier molecular flexibility index (Phi) is 13.1. The summed E-state index contributed by atoms with van der Waals surface area (Å²) in [7, 11) is 0. The van der Waals surface area contributed by atoms with Crippen molar-refractivity contribution in [2.75, 3.05) is 0 Å². The summed E-state index contributed by atoms with van der Waals surface area (Å²) in [5.74, 6) is -1.22. The molecule has 0 amide bonds. The molecule has 3 N–H and O–H groups in total. The number of carbonyl (C=O) groups is 2. The van der Waals surface area contributed by atoms with Gasteiger partial charge < -0.3 is 33.8 Å². The molecule has 5 rings (SSSR count). The van der Waals surface area contributed by atoms with Gasteiger partial charge >= 0.3 is 11.9 Å². The molecule has 5 aromatic rings. The van der Waals surface area contributed by atoms with Crippen LogP contribution in [0.2, 0.25) is 0 Å². The lowest BCUT2D eigenvalue weighted by molar-refractivity contribution is -0.155. The smallest absolute Gasteiger partial charge is 0.335 e. The second kappa shape index (κ2) is 17.9. The van der Waals surface area contributed by atoms with Crippen LogP contribution in [0.4, 0.5) is 0 Å². The average molecular weight is 694 g/mol. The molecule has 0 aliphatic rings. The number of aromatic amines is 1. The first-order valence-corrected chi connectivity index (χ1v) is 18.0. The van der Waals surface area contributed by atoms with E-state index in [0.29, 0.717) is 25.9 Å². The standard InChI is InChI=1S/C42H51N3O6/c1-5-33-34(6-2)36(26-45-24-22-30(4)38(45)18-20-40(47)42(49)51-28-32-15-11-8-12-16-32)43-35(33)25-44-23-21-29(3)37(44)17-19-39(46)41(48)50-27-31-13-9-7-10-14-31/h7-16,21-24,39-40,43,46-47H,5-6,17-20,25-28H2,1-4H3. The molecule has 2 aromatic carbocycles. The predicted molar refractivity (Wildman–Crippen MR) is 197 cm³/mol. The van der Waals surface area contributed by atoms with Crippen molar-refractivity contribution in [1.29, 1.82) is 0 Å². The number of carbonyl (C=O) groups excluding carboxylic acids is 2. The number of aryl methyl sites for hydroxylation is 2. The lowest BCUT2D eigenvalue weighted by Crippen LogP contribution is -2.24. The summed E-state index contributed by atoms with van der Waals surface area (Å²) in [6, 6.07) is 23.1. The quantitative estimate of drug-likeness (QED) is 0.0899. The van der Waals surface area contributed by atoms with E-state index in [1.165, 1.54) is 11.1 Å². The lowest BCUT2D eigenvalue weighted by atomic mass is 10.0. The number of aliphatic hydroxyl groups excluding tert-OH is 2. The van der Waals surface area contributed by atoms with Crippen LogP contribution in [-0.2, 0) is 71.0 Å². The van der Waals surface area contributed by atoms with Gasteiger partial charge in [-0.25, -0.2) is 9.59 Å². The molecule has 51 heavy (non-hydrogen) atoms. The summed E-state index contributed by atoms with van der Waals surface area (Å²) in [5.41, 5.74) is 11.0. The van der Waals surface area contributed by atoms with Gasteiger partial charge in [-0.1, -0.05) is 74.5 Å². The maximum atomic E-state index is 12.5. The molecule has 9 nitrogen and oxygen atoms in total. The van der Waals surface area contributed by atoms with Gasteiger partial charge in [-0.05, 0) is 97.9 Å².